The summed E-state index contributed by atoms with van der Waals surface area (Å²) in [6.07, 6.45) is 2.28. The zero-order valence-electron chi connectivity index (χ0n) is 8.84. The van der Waals surface area contributed by atoms with Gasteiger partial charge in [-0.3, -0.25) is 4.79 Å². The van der Waals surface area contributed by atoms with Crippen LogP contribution >= 0.6 is 0 Å². The Bertz CT molecular complexity index is 290. The molecule has 0 atom stereocenters. The van der Waals surface area contributed by atoms with E-state index in [1.54, 1.807) is 6.92 Å². The number of hydrogen-bond acceptors (Lipinski definition) is 2. The Morgan fingerprint density at radius 2 is 1.93 bits per heavy atom. The van der Waals surface area contributed by atoms with Crippen LogP contribution in [0.15, 0.2) is 24.3 Å². The molecular weight excluding hydrogens is 174 g/mol. The first-order valence-corrected chi connectivity index (χ1v) is 5.04. The van der Waals surface area contributed by atoms with Crippen LogP contribution in [0.5, 0.6) is 0 Å². The van der Waals surface area contributed by atoms with Crippen molar-refractivity contribution in [3.63, 3.8) is 0 Å². The fourth-order valence-electron chi connectivity index (χ4n) is 1.30. The molecule has 76 valence electrons. The third-order valence-electron chi connectivity index (χ3n) is 2.03. The molecule has 0 saturated carbocycles. The number of aryl methyl sites for hydroxylation is 1. The summed E-state index contributed by atoms with van der Waals surface area (Å²) < 4.78 is 0. The van der Waals surface area contributed by atoms with E-state index in [0.29, 0.717) is 6.54 Å². The molecule has 1 rings (SSSR count). The first-order valence-electron chi connectivity index (χ1n) is 5.04. The lowest BCUT2D eigenvalue weighted by molar-refractivity contribution is -0.115. The van der Waals surface area contributed by atoms with E-state index < -0.39 is 0 Å². The second-order valence-corrected chi connectivity index (χ2v) is 3.50. The van der Waals surface area contributed by atoms with E-state index in [1.807, 2.05) is 12.1 Å². The van der Waals surface area contributed by atoms with Gasteiger partial charge in [0.05, 0.1) is 6.54 Å². The highest BCUT2D eigenvalue weighted by atomic mass is 16.1. The van der Waals surface area contributed by atoms with E-state index in [-0.39, 0.29) is 5.78 Å². The third kappa shape index (κ3) is 3.60. The Morgan fingerprint density at radius 3 is 2.43 bits per heavy atom. The molecule has 0 spiro atoms. The van der Waals surface area contributed by atoms with Crippen molar-refractivity contribution in [2.75, 3.05) is 11.9 Å². The lowest BCUT2D eigenvalue weighted by atomic mass is 10.1. The van der Waals surface area contributed by atoms with Gasteiger partial charge in [-0.15, -0.1) is 0 Å². The minimum atomic E-state index is 0.155. The number of hydrogen-bond donors (Lipinski definition) is 1. The maximum absolute atomic E-state index is 10.7. The number of benzene rings is 1. The lowest BCUT2D eigenvalue weighted by Crippen LogP contribution is -2.09. The molecule has 2 nitrogen and oxygen atoms in total. The van der Waals surface area contributed by atoms with Gasteiger partial charge in [0, 0.05) is 5.69 Å². The minimum absolute atomic E-state index is 0.155. The van der Waals surface area contributed by atoms with E-state index in [0.717, 1.165) is 12.1 Å². The molecule has 0 unspecified atom stereocenters. The van der Waals surface area contributed by atoms with Crippen molar-refractivity contribution in [2.24, 2.45) is 0 Å². The summed E-state index contributed by atoms with van der Waals surface area (Å²) >= 11 is 0. The van der Waals surface area contributed by atoms with Crippen molar-refractivity contribution < 1.29 is 4.79 Å². The molecule has 2 heteroatoms. The van der Waals surface area contributed by atoms with Crippen LogP contribution in [-0.2, 0) is 11.2 Å². The SMILES string of the molecule is CCCc1ccc(NCC(C)=O)cc1. The van der Waals surface area contributed by atoms with Crippen LogP contribution in [0.4, 0.5) is 5.69 Å². The second-order valence-electron chi connectivity index (χ2n) is 3.50. The van der Waals surface area contributed by atoms with Crippen LogP contribution in [0.25, 0.3) is 0 Å². The van der Waals surface area contributed by atoms with Gasteiger partial charge in [0.1, 0.15) is 5.78 Å². The summed E-state index contributed by atoms with van der Waals surface area (Å²) in [5, 5.41) is 3.06. The van der Waals surface area contributed by atoms with Gasteiger partial charge in [-0.2, -0.15) is 0 Å². The van der Waals surface area contributed by atoms with Gasteiger partial charge in [-0.25, -0.2) is 0 Å². The summed E-state index contributed by atoms with van der Waals surface area (Å²) in [4.78, 5) is 10.7. The van der Waals surface area contributed by atoms with E-state index >= 15 is 0 Å². The van der Waals surface area contributed by atoms with Gasteiger partial charge in [0.2, 0.25) is 0 Å². The molecule has 0 aliphatic rings. The number of anilines is 1. The fraction of sp³-hybridized carbons (Fsp3) is 0.417. The number of rotatable bonds is 5. The van der Waals surface area contributed by atoms with Crippen molar-refractivity contribution in [1.29, 1.82) is 0 Å². The van der Waals surface area contributed by atoms with E-state index in [1.165, 1.54) is 12.0 Å². The molecule has 0 heterocycles. The molecule has 0 bridgehead atoms. The highest BCUT2D eigenvalue weighted by Gasteiger charge is 1.95. The van der Waals surface area contributed by atoms with Crippen LogP contribution in [0.1, 0.15) is 25.8 Å². The molecule has 14 heavy (non-hydrogen) atoms. The highest BCUT2D eigenvalue weighted by molar-refractivity contribution is 5.80. The van der Waals surface area contributed by atoms with Crippen molar-refractivity contribution in [1.82, 2.24) is 0 Å². The number of carbonyl (C=O) groups is 1. The summed E-state index contributed by atoms with van der Waals surface area (Å²) in [6.45, 7) is 4.16. The van der Waals surface area contributed by atoms with Crippen LogP contribution in [0, 0.1) is 0 Å². The Labute approximate surface area is 85.3 Å². The monoisotopic (exact) mass is 191 g/mol. The summed E-state index contributed by atoms with van der Waals surface area (Å²) in [6, 6.07) is 8.25. The summed E-state index contributed by atoms with van der Waals surface area (Å²) in [7, 11) is 0. The van der Waals surface area contributed by atoms with E-state index in [2.05, 4.69) is 24.4 Å². The van der Waals surface area contributed by atoms with E-state index in [4.69, 9.17) is 0 Å². The topological polar surface area (TPSA) is 29.1 Å². The number of nitrogens with one attached hydrogen (secondary N) is 1. The Kier molecular flexibility index (Phi) is 4.17. The molecule has 0 aliphatic carbocycles. The molecule has 0 fully saturated rings. The normalized spacial score (nSPS) is 9.86. The molecule has 0 saturated heterocycles. The lowest BCUT2D eigenvalue weighted by Gasteiger charge is -2.04. The molecule has 1 aromatic carbocycles. The maximum atomic E-state index is 10.7. The van der Waals surface area contributed by atoms with Crippen molar-refractivity contribution in [3.05, 3.63) is 29.8 Å². The van der Waals surface area contributed by atoms with Crippen molar-refractivity contribution >= 4 is 11.5 Å². The summed E-state index contributed by atoms with van der Waals surface area (Å²) in [5.41, 5.74) is 2.36. The van der Waals surface area contributed by atoms with Crippen molar-refractivity contribution in [2.45, 2.75) is 26.7 Å². The first-order chi connectivity index (χ1) is 6.72. The third-order valence-corrected chi connectivity index (χ3v) is 2.03. The Morgan fingerprint density at radius 1 is 1.29 bits per heavy atom. The maximum Gasteiger partial charge on any atom is 0.148 e. The quantitative estimate of drug-likeness (QED) is 0.775. The average molecular weight is 191 g/mol. The van der Waals surface area contributed by atoms with Gasteiger partial charge < -0.3 is 5.32 Å². The zero-order valence-corrected chi connectivity index (χ0v) is 8.84. The predicted octanol–water partition coefficient (Wildman–Crippen LogP) is 2.64. The van der Waals surface area contributed by atoms with Gasteiger partial charge in [-0.1, -0.05) is 25.5 Å². The molecule has 1 N–H and O–H groups in total. The predicted molar refractivity (Wildman–Crippen MR) is 59.6 cm³/mol. The molecule has 0 radical (unpaired) electrons. The van der Waals surface area contributed by atoms with Gasteiger partial charge in [0.25, 0.3) is 0 Å². The Hall–Kier alpha value is -1.31. The average Bonchev–Trinajstić information content (AvgIpc) is 2.17. The van der Waals surface area contributed by atoms with Crippen molar-refractivity contribution in [3.8, 4) is 0 Å². The molecule has 1 aromatic rings. The van der Waals surface area contributed by atoms with E-state index in [9.17, 15) is 4.79 Å². The Balaban J connectivity index is 2.50. The zero-order chi connectivity index (χ0) is 10.4. The summed E-state index contributed by atoms with van der Waals surface area (Å²) in [5.74, 6) is 0.155. The van der Waals surface area contributed by atoms with Gasteiger partial charge >= 0.3 is 0 Å². The fourth-order valence-corrected chi connectivity index (χ4v) is 1.30. The molecule has 0 amide bonds. The largest absolute Gasteiger partial charge is 0.378 e. The standard InChI is InChI=1S/C12H17NO/c1-3-4-11-5-7-12(8-6-11)13-9-10(2)14/h5-8,13H,3-4,9H2,1-2H3. The first kappa shape index (κ1) is 10.8. The highest BCUT2D eigenvalue weighted by Crippen LogP contribution is 2.10. The number of ketones is 1. The number of Topliss-reactive ketones (excluding diaryl/α,β-unsaturated/α-hetero) is 1. The molecule has 0 aliphatic heterocycles. The smallest absolute Gasteiger partial charge is 0.148 e. The van der Waals surface area contributed by atoms with Crippen LogP contribution < -0.4 is 5.32 Å². The number of carbonyl (C=O) groups excluding carboxylic acids is 1. The van der Waals surface area contributed by atoms with Crippen LogP contribution in [-0.4, -0.2) is 12.3 Å². The molecular formula is C12H17NO. The van der Waals surface area contributed by atoms with Gasteiger partial charge in [-0.05, 0) is 31.0 Å². The second kappa shape index (κ2) is 5.43. The van der Waals surface area contributed by atoms with Gasteiger partial charge in [0.15, 0.2) is 0 Å². The van der Waals surface area contributed by atoms with Crippen LogP contribution in [0.3, 0.4) is 0 Å². The molecule has 0 aromatic heterocycles. The minimum Gasteiger partial charge on any atom is -0.378 e. The van der Waals surface area contributed by atoms with Crippen LogP contribution in [0.2, 0.25) is 0 Å².